The van der Waals surface area contributed by atoms with Crippen LogP contribution in [0.1, 0.15) is 68.1 Å². The molecule has 2 aromatic rings. The molecule has 1 heterocycles. The first-order chi connectivity index (χ1) is 41.6. The van der Waals surface area contributed by atoms with Gasteiger partial charge in [-0.3, -0.25) is 53.2 Å². The summed E-state index contributed by atoms with van der Waals surface area (Å²) in [5.41, 5.74) is 3.69. The Kier molecular flexibility index (Phi) is 37.6. The highest BCUT2D eigenvalue weighted by Crippen LogP contribution is 2.31. The molecule has 0 radical (unpaired) electrons. The number of esters is 1. The number of benzene rings is 2. The van der Waals surface area contributed by atoms with Gasteiger partial charge in [-0.05, 0) is 69.7 Å². The fraction of sp³-hybridized carbons (Fsp3) is 0.667. The van der Waals surface area contributed by atoms with Crippen LogP contribution in [0.2, 0.25) is 0 Å². The van der Waals surface area contributed by atoms with Crippen LogP contribution in [0.4, 0.5) is 23.2 Å². The van der Waals surface area contributed by atoms with E-state index in [1.54, 1.807) is 19.6 Å². The predicted octanol–water partition coefficient (Wildman–Crippen LogP) is 3.27. The van der Waals surface area contributed by atoms with E-state index in [4.69, 9.17) is 23.7 Å². The molecule has 1 saturated heterocycles. The first kappa shape index (κ1) is 75.7. The molecule has 0 aromatic heterocycles. The molecule has 0 spiro atoms. The molecule has 1 fully saturated rings. The van der Waals surface area contributed by atoms with Crippen molar-refractivity contribution in [3.8, 4) is 5.75 Å². The van der Waals surface area contributed by atoms with Crippen molar-refractivity contribution in [3.05, 3.63) is 56.6 Å². The number of hydrogen-bond donors (Lipinski definition) is 8. The summed E-state index contributed by atoms with van der Waals surface area (Å²) < 4.78 is 88.3. The van der Waals surface area contributed by atoms with E-state index in [0.717, 1.165) is 26.9 Å². The molecule has 25 nitrogen and oxygen atoms in total. The van der Waals surface area contributed by atoms with Crippen molar-refractivity contribution >= 4 is 63.3 Å². The van der Waals surface area contributed by atoms with E-state index in [1.165, 1.54) is 0 Å². The van der Waals surface area contributed by atoms with E-state index in [-0.39, 0.29) is 148 Å². The number of anilines is 1. The fourth-order valence-corrected chi connectivity index (χ4v) is 9.53. The van der Waals surface area contributed by atoms with E-state index in [9.17, 15) is 71.5 Å². The average molecular weight is 1310 g/mol. The highest BCUT2D eigenvalue weighted by atomic mass is 79.9. The normalized spacial score (nSPS) is 14.9. The molecule has 3 rings (SSSR count). The number of amides is 2. The van der Waals surface area contributed by atoms with E-state index >= 15 is 0 Å². The van der Waals surface area contributed by atoms with Crippen molar-refractivity contribution in [2.45, 2.75) is 84.2 Å². The number of unbranched alkanes of at least 4 members (excludes halogenated alkanes) is 2. The third kappa shape index (κ3) is 32.0. The number of rotatable bonds is 43. The Morgan fingerprint density at radius 3 is 1.53 bits per heavy atom. The van der Waals surface area contributed by atoms with Crippen LogP contribution in [0.3, 0.4) is 0 Å². The van der Waals surface area contributed by atoms with Crippen LogP contribution in [-0.2, 0) is 57.2 Å². The number of ether oxygens (including phenoxy) is 6. The molecule has 0 saturated carbocycles. The molecule has 1 aliphatic rings. The predicted molar refractivity (Wildman–Crippen MR) is 313 cm³/mol. The second kappa shape index (κ2) is 43.2. The number of aryl methyl sites for hydroxylation is 2. The monoisotopic (exact) mass is 1310 g/mol. The third-order valence-corrected chi connectivity index (χ3v) is 15.0. The summed E-state index contributed by atoms with van der Waals surface area (Å²) in [5.74, 6) is -14.4. The van der Waals surface area contributed by atoms with Gasteiger partial charge >= 0.3 is 29.8 Å². The van der Waals surface area contributed by atoms with Crippen molar-refractivity contribution < 1.29 is 100.0 Å². The van der Waals surface area contributed by atoms with Gasteiger partial charge in [-0.1, -0.05) is 28.4 Å². The van der Waals surface area contributed by atoms with Crippen LogP contribution < -0.4 is 26.0 Å². The summed E-state index contributed by atoms with van der Waals surface area (Å²) in [6.07, 6.45) is 1.71. The molecule has 30 heteroatoms. The molecule has 0 bridgehead atoms. The van der Waals surface area contributed by atoms with Gasteiger partial charge in [0.05, 0.1) is 85.7 Å². The summed E-state index contributed by atoms with van der Waals surface area (Å²) in [5, 5.41) is 51.1. The minimum atomic E-state index is -1.79. The van der Waals surface area contributed by atoms with Gasteiger partial charge in [-0.2, -0.15) is 8.78 Å². The lowest BCUT2D eigenvalue weighted by atomic mass is 10.0. The van der Waals surface area contributed by atoms with Gasteiger partial charge in [0.15, 0.2) is 11.6 Å². The fourth-order valence-electron chi connectivity index (χ4n) is 9.22. The summed E-state index contributed by atoms with van der Waals surface area (Å²) in [4.78, 5) is 91.7. The molecule has 1 unspecified atom stereocenters. The van der Waals surface area contributed by atoms with Crippen LogP contribution in [-0.4, -0.2) is 258 Å². The highest BCUT2D eigenvalue weighted by Gasteiger charge is 2.29. The van der Waals surface area contributed by atoms with Crippen molar-refractivity contribution in [1.29, 1.82) is 0 Å². The molecule has 8 N–H and O–H groups in total. The van der Waals surface area contributed by atoms with E-state index in [0.29, 0.717) is 85.1 Å². The smallest absolute Gasteiger partial charge is 0.320 e. The SMILES string of the molecule is Cc1cc(C)c(NC(=O)CC[C@H](CNCCOCCOCCOCCOCCOCCNC(=O)CCC(C(=O)O)N2CCN(CC(=O)O)CCN(CC(=O)O)CCN(CC(=O)O)CC2)NCCCCCC(=O)Oc2c(F)c(F)cc(F)c2F)c(C)c1Br. The Labute approximate surface area is 513 Å². The number of hydrogen-bond acceptors (Lipinski definition) is 19. The average Bonchev–Trinajstić information content (AvgIpc) is 2.55. The second-order valence-electron chi connectivity index (χ2n) is 20.7. The minimum Gasteiger partial charge on any atom is -0.480 e. The summed E-state index contributed by atoms with van der Waals surface area (Å²) in [6, 6.07) is 0.771. The summed E-state index contributed by atoms with van der Waals surface area (Å²) in [7, 11) is 0. The van der Waals surface area contributed by atoms with Crippen molar-refractivity contribution in [3.63, 3.8) is 0 Å². The molecular formula is C57H87BrF4N8O17. The molecule has 0 aliphatic carbocycles. The lowest BCUT2D eigenvalue weighted by molar-refractivity contribution is -0.145. The summed E-state index contributed by atoms with van der Waals surface area (Å²) in [6.45, 7) is 10.8. The number of nitrogens with one attached hydrogen (secondary N) is 4. The van der Waals surface area contributed by atoms with Crippen molar-refractivity contribution in [2.24, 2.45) is 0 Å². The molecule has 2 amide bonds. The Morgan fingerprint density at radius 1 is 0.563 bits per heavy atom. The first-order valence-electron chi connectivity index (χ1n) is 29.0. The van der Waals surface area contributed by atoms with Gasteiger partial charge in [0.1, 0.15) is 6.04 Å². The van der Waals surface area contributed by atoms with Gasteiger partial charge in [-0.25, -0.2) is 8.78 Å². The van der Waals surface area contributed by atoms with Crippen LogP contribution in [0.5, 0.6) is 5.75 Å². The maximum absolute atomic E-state index is 13.9. The van der Waals surface area contributed by atoms with Crippen molar-refractivity contribution in [1.82, 2.24) is 35.6 Å². The number of aliphatic carboxylic acids is 4. The Hall–Kier alpha value is -5.51. The van der Waals surface area contributed by atoms with E-state index in [2.05, 4.69) is 41.9 Å². The van der Waals surface area contributed by atoms with Crippen LogP contribution >= 0.6 is 15.9 Å². The quantitative estimate of drug-likeness (QED) is 0.0155. The zero-order valence-electron chi connectivity index (χ0n) is 49.9. The minimum absolute atomic E-state index is 0.0288. The Morgan fingerprint density at radius 2 is 1.03 bits per heavy atom. The Bertz CT molecular complexity index is 2420. The standard InChI is InChI=1S/C57H87BrF4N8O17/c1-39-33-40(2)55(41(3)52(39)58)66-47(72)10-8-42(64-12-6-4-5-7-51(79)87-56-53(61)43(59)34-44(60)54(56)62)35-63-13-23-82-25-27-84-29-31-86-32-30-85-28-26-83-24-14-65-46(71)11-9-45(57(80)81)70-21-19-68(37-49(75)76)17-15-67(36-48(73)74)16-18-69(20-22-70)38-50(77)78/h33-34,42,45,63-64H,4-32,35-38H2,1-3H3,(H,65,71)(H,66,72)(H,73,74)(H,75,76)(H,77,78)(H,80,81)/t42-,45?/m1/s1. The van der Waals surface area contributed by atoms with Crippen molar-refractivity contribution in [2.75, 3.05) is 170 Å². The van der Waals surface area contributed by atoms with Gasteiger partial charge in [0, 0.05) is 114 Å². The number of carbonyl (C=O) groups excluding carboxylic acids is 3. The zero-order chi connectivity index (χ0) is 64.1. The largest absolute Gasteiger partial charge is 0.480 e. The van der Waals surface area contributed by atoms with E-state index in [1.807, 2.05) is 26.8 Å². The highest BCUT2D eigenvalue weighted by molar-refractivity contribution is 9.10. The second-order valence-corrected chi connectivity index (χ2v) is 21.5. The molecular weight excluding hydrogens is 1220 g/mol. The molecule has 87 heavy (non-hydrogen) atoms. The van der Waals surface area contributed by atoms with Gasteiger partial charge in [0.25, 0.3) is 0 Å². The van der Waals surface area contributed by atoms with Crippen LogP contribution in [0.15, 0.2) is 16.6 Å². The topological polar surface area (TPSA) is 317 Å². The molecule has 1 aliphatic heterocycles. The number of nitrogens with zero attached hydrogens (tertiary/aromatic N) is 4. The lowest BCUT2D eigenvalue weighted by Crippen LogP contribution is -2.52. The molecule has 2 atom stereocenters. The summed E-state index contributed by atoms with van der Waals surface area (Å²) >= 11 is 3.59. The maximum atomic E-state index is 13.9. The molecule has 492 valence electrons. The zero-order valence-corrected chi connectivity index (χ0v) is 51.5. The number of carbonyl (C=O) groups is 7. The maximum Gasteiger partial charge on any atom is 0.320 e. The number of carboxylic acids is 4. The first-order valence-corrected chi connectivity index (χ1v) is 29.8. The molecule has 2 aromatic carbocycles. The third-order valence-electron chi connectivity index (χ3n) is 13.8. The lowest BCUT2D eigenvalue weighted by Gasteiger charge is -2.35. The van der Waals surface area contributed by atoms with Crippen LogP contribution in [0.25, 0.3) is 0 Å². The Balaban J connectivity index is 1.25. The number of halogens is 5. The van der Waals surface area contributed by atoms with Gasteiger partial charge in [-0.15, -0.1) is 0 Å². The van der Waals surface area contributed by atoms with Gasteiger partial charge in [0.2, 0.25) is 29.2 Å². The number of carboxylic acid groups (broad SMARTS) is 4. The van der Waals surface area contributed by atoms with Gasteiger partial charge < -0.3 is 70.1 Å². The van der Waals surface area contributed by atoms with Crippen LogP contribution in [0, 0.1) is 44.0 Å². The van der Waals surface area contributed by atoms with E-state index < -0.39 is 70.8 Å².